The van der Waals surface area contributed by atoms with E-state index in [2.05, 4.69) is 33.5 Å². The van der Waals surface area contributed by atoms with E-state index in [-0.39, 0.29) is 16.7 Å². The van der Waals surface area contributed by atoms with Crippen LogP contribution in [0.4, 0.5) is 4.39 Å². The molecule has 2 aromatic carbocycles. The Morgan fingerprint density at radius 1 is 1.35 bits per heavy atom. The van der Waals surface area contributed by atoms with Crippen LogP contribution in [0.5, 0.6) is 5.75 Å². The Labute approximate surface area is 150 Å². The van der Waals surface area contributed by atoms with Gasteiger partial charge in [-0.2, -0.15) is 0 Å². The minimum Gasteiger partial charge on any atom is -0.488 e. The van der Waals surface area contributed by atoms with E-state index in [0.717, 1.165) is 0 Å². The third kappa shape index (κ3) is 4.89. The lowest BCUT2D eigenvalue weighted by Gasteiger charge is -2.11. The van der Waals surface area contributed by atoms with E-state index in [1.807, 2.05) is 0 Å². The van der Waals surface area contributed by atoms with Gasteiger partial charge in [-0.1, -0.05) is 17.7 Å². The van der Waals surface area contributed by atoms with E-state index in [9.17, 15) is 9.18 Å². The van der Waals surface area contributed by atoms with Crippen LogP contribution in [0.15, 0.2) is 40.9 Å². The van der Waals surface area contributed by atoms with E-state index in [4.69, 9.17) is 22.1 Å². The lowest BCUT2D eigenvalue weighted by molar-refractivity contribution is 0.0977. The predicted molar refractivity (Wildman–Crippen MR) is 94.1 cm³/mol. The molecular formula is C15H11BrClFN2O2S. The molecule has 3 N–H and O–H groups in total. The number of nitrogens with one attached hydrogen (secondary N) is 1. The van der Waals surface area contributed by atoms with E-state index in [0.29, 0.717) is 21.3 Å². The van der Waals surface area contributed by atoms with Crippen molar-refractivity contribution >= 4 is 50.8 Å². The summed E-state index contributed by atoms with van der Waals surface area (Å²) in [5.74, 6) is -0.309. The highest BCUT2D eigenvalue weighted by molar-refractivity contribution is 9.10. The van der Waals surface area contributed by atoms with Crippen molar-refractivity contribution in [3.05, 3.63) is 62.8 Å². The maximum absolute atomic E-state index is 13.0. The molecule has 2 aromatic rings. The van der Waals surface area contributed by atoms with Crippen LogP contribution in [-0.4, -0.2) is 11.0 Å². The number of carbonyl (C=O) groups is 1. The van der Waals surface area contributed by atoms with Gasteiger partial charge in [0.05, 0.1) is 9.50 Å². The summed E-state index contributed by atoms with van der Waals surface area (Å²) in [4.78, 5) is 11.8. The van der Waals surface area contributed by atoms with Gasteiger partial charge in [-0.15, -0.1) is 0 Å². The quantitative estimate of drug-likeness (QED) is 0.743. The van der Waals surface area contributed by atoms with Gasteiger partial charge in [-0.05, 0) is 58.5 Å². The fraction of sp³-hybridized carbons (Fsp3) is 0.0667. The number of hydrogen-bond acceptors (Lipinski definition) is 3. The van der Waals surface area contributed by atoms with Crippen LogP contribution in [0.1, 0.15) is 15.9 Å². The lowest BCUT2D eigenvalue weighted by Crippen LogP contribution is -2.34. The molecule has 23 heavy (non-hydrogen) atoms. The van der Waals surface area contributed by atoms with Gasteiger partial charge in [-0.25, -0.2) is 4.39 Å². The van der Waals surface area contributed by atoms with Crippen LogP contribution in [-0.2, 0) is 6.61 Å². The Hall–Kier alpha value is -1.70. The van der Waals surface area contributed by atoms with Crippen molar-refractivity contribution in [2.45, 2.75) is 6.61 Å². The van der Waals surface area contributed by atoms with Gasteiger partial charge in [0.15, 0.2) is 5.11 Å². The van der Waals surface area contributed by atoms with Crippen LogP contribution in [0.2, 0.25) is 5.02 Å². The molecule has 0 aliphatic rings. The normalized spacial score (nSPS) is 10.2. The predicted octanol–water partition coefficient (Wildman–Crippen LogP) is 3.79. The van der Waals surface area contributed by atoms with Crippen LogP contribution in [0, 0.1) is 5.82 Å². The molecule has 0 aromatic heterocycles. The summed E-state index contributed by atoms with van der Waals surface area (Å²) >= 11 is 13.9. The SMILES string of the molecule is NC(=S)NC(=O)c1ccc(OCc2ccc(F)cc2Cl)c(Br)c1. The zero-order chi connectivity index (χ0) is 17.0. The zero-order valence-electron chi connectivity index (χ0n) is 11.6. The molecule has 0 atom stereocenters. The first-order valence-electron chi connectivity index (χ1n) is 6.34. The van der Waals surface area contributed by atoms with E-state index < -0.39 is 11.7 Å². The molecule has 0 saturated heterocycles. The van der Waals surface area contributed by atoms with Crippen molar-refractivity contribution in [3.63, 3.8) is 0 Å². The summed E-state index contributed by atoms with van der Waals surface area (Å²) in [7, 11) is 0. The molecule has 0 fully saturated rings. The van der Waals surface area contributed by atoms with Gasteiger partial charge in [0.2, 0.25) is 0 Å². The fourth-order valence-electron chi connectivity index (χ4n) is 1.74. The molecule has 120 valence electrons. The van der Waals surface area contributed by atoms with Crippen molar-refractivity contribution in [2.24, 2.45) is 5.73 Å². The van der Waals surface area contributed by atoms with Gasteiger partial charge < -0.3 is 10.5 Å². The monoisotopic (exact) mass is 416 g/mol. The molecule has 0 bridgehead atoms. The molecule has 0 aliphatic heterocycles. The summed E-state index contributed by atoms with van der Waals surface area (Å²) < 4.78 is 19.2. The Balaban J connectivity index is 2.09. The number of nitrogens with two attached hydrogens (primary N) is 1. The van der Waals surface area contributed by atoms with Crippen LogP contribution < -0.4 is 15.8 Å². The van der Waals surface area contributed by atoms with Crippen LogP contribution in [0.25, 0.3) is 0 Å². The smallest absolute Gasteiger partial charge is 0.257 e. The number of thiocarbonyl (C=S) groups is 1. The minimum atomic E-state index is -0.411. The van der Waals surface area contributed by atoms with E-state index in [1.54, 1.807) is 24.3 Å². The minimum absolute atomic E-state index is 0.0996. The van der Waals surface area contributed by atoms with Crippen molar-refractivity contribution < 1.29 is 13.9 Å². The van der Waals surface area contributed by atoms with E-state index in [1.165, 1.54) is 12.1 Å². The number of benzene rings is 2. The average molecular weight is 418 g/mol. The highest BCUT2D eigenvalue weighted by atomic mass is 79.9. The van der Waals surface area contributed by atoms with Gasteiger partial charge in [-0.3, -0.25) is 10.1 Å². The number of amides is 1. The topological polar surface area (TPSA) is 64.3 Å². The number of rotatable bonds is 4. The van der Waals surface area contributed by atoms with Gasteiger partial charge in [0.25, 0.3) is 5.91 Å². The van der Waals surface area contributed by atoms with Crippen molar-refractivity contribution in [3.8, 4) is 5.75 Å². The van der Waals surface area contributed by atoms with Crippen LogP contribution >= 0.6 is 39.7 Å². The van der Waals surface area contributed by atoms with Gasteiger partial charge >= 0.3 is 0 Å². The van der Waals surface area contributed by atoms with Crippen molar-refractivity contribution in [2.75, 3.05) is 0 Å². The lowest BCUT2D eigenvalue weighted by atomic mass is 10.2. The molecule has 8 heteroatoms. The molecule has 0 saturated carbocycles. The third-order valence-corrected chi connectivity index (χ3v) is 3.90. The summed E-state index contributed by atoms with van der Waals surface area (Å²) in [6, 6.07) is 8.85. The summed E-state index contributed by atoms with van der Waals surface area (Å²) in [5, 5.41) is 2.52. The maximum Gasteiger partial charge on any atom is 0.257 e. The molecule has 0 radical (unpaired) electrons. The van der Waals surface area contributed by atoms with E-state index >= 15 is 0 Å². The average Bonchev–Trinajstić information content (AvgIpc) is 2.46. The highest BCUT2D eigenvalue weighted by Crippen LogP contribution is 2.28. The first-order valence-corrected chi connectivity index (χ1v) is 7.92. The maximum atomic E-state index is 13.0. The summed E-state index contributed by atoms with van der Waals surface area (Å²) in [5.41, 5.74) is 6.28. The second-order valence-electron chi connectivity index (χ2n) is 4.49. The summed E-state index contributed by atoms with van der Waals surface area (Å²) in [6.45, 7) is 0.163. The Morgan fingerprint density at radius 3 is 2.70 bits per heavy atom. The zero-order valence-corrected chi connectivity index (χ0v) is 14.8. The first-order chi connectivity index (χ1) is 10.9. The second kappa shape index (κ2) is 7.72. The largest absolute Gasteiger partial charge is 0.488 e. The molecule has 0 unspecified atom stereocenters. The molecule has 1 amide bonds. The Morgan fingerprint density at radius 2 is 2.09 bits per heavy atom. The van der Waals surface area contributed by atoms with Crippen molar-refractivity contribution in [1.29, 1.82) is 0 Å². The summed E-state index contributed by atoms with van der Waals surface area (Å²) in [6.07, 6.45) is 0. The number of hydrogen-bond donors (Lipinski definition) is 2. The van der Waals surface area contributed by atoms with Crippen LogP contribution in [0.3, 0.4) is 0 Å². The number of halogens is 3. The molecular weight excluding hydrogens is 407 g/mol. The Bertz CT molecular complexity index is 773. The van der Waals surface area contributed by atoms with Gasteiger partial charge in [0, 0.05) is 11.1 Å². The molecule has 4 nitrogen and oxygen atoms in total. The molecule has 0 heterocycles. The third-order valence-electron chi connectivity index (χ3n) is 2.83. The molecule has 0 spiro atoms. The standard InChI is InChI=1S/C15H11BrClFN2O2S/c16-11-5-8(14(21)20-15(19)23)2-4-13(11)22-7-9-1-3-10(18)6-12(9)17/h1-6H,7H2,(H3,19,20,21,23). The second-order valence-corrected chi connectivity index (χ2v) is 6.19. The fourth-order valence-corrected chi connectivity index (χ4v) is 2.55. The molecule has 2 rings (SSSR count). The Kier molecular flexibility index (Phi) is 5.92. The highest BCUT2D eigenvalue weighted by Gasteiger charge is 2.10. The number of ether oxygens (including phenoxy) is 1. The number of carbonyl (C=O) groups excluding carboxylic acids is 1. The van der Waals surface area contributed by atoms with Crippen molar-refractivity contribution in [1.82, 2.24) is 5.32 Å². The molecule has 0 aliphatic carbocycles. The first kappa shape index (κ1) is 17.7. The van der Waals surface area contributed by atoms with Gasteiger partial charge in [0.1, 0.15) is 18.2 Å².